The van der Waals surface area contributed by atoms with E-state index in [4.69, 9.17) is 29.2 Å². The third kappa shape index (κ3) is 43.6. The van der Waals surface area contributed by atoms with Crippen LogP contribution in [-0.4, -0.2) is 102 Å². The predicted octanol–water partition coefficient (Wildman–Crippen LogP) is -1.76. The van der Waals surface area contributed by atoms with Gasteiger partial charge in [-0.2, -0.15) is 3.63 Å². The average molecular weight is 727 g/mol. The summed E-state index contributed by atoms with van der Waals surface area (Å²) in [5.74, 6) is 0. The Hall–Kier alpha value is 1.54. The fraction of sp³-hybridized carbons (Fsp3) is 1.00. The summed E-state index contributed by atoms with van der Waals surface area (Å²) in [4.78, 5) is 0. The van der Waals surface area contributed by atoms with Crippen molar-refractivity contribution in [2.75, 3.05) is 66.1 Å². The van der Waals surface area contributed by atoms with Crippen LogP contribution in [0.3, 0.4) is 0 Å². The third-order valence-electron chi connectivity index (χ3n) is 6.56. The number of rotatable bonds is 32. The monoisotopic (exact) mass is 726 g/mol. The first-order valence-electron chi connectivity index (χ1n) is 16.1. The minimum atomic E-state index is -5.43. The van der Waals surface area contributed by atoms with E-state index in [9.17, 15) is 25.9 Å². The molecule has 0 fully saturated rings. The molecule has 0 aromatic carbocycles. The van der Waals surface area contributed by atoms with Crippen molar-refractivity contribution < 1.29 is 118 Å². The fourth-order valence-corrected chi connectivity index (χ4v) is 5.13. The van der Waals surface area contributed by atoms with Gasteiger partial charge in [0, 0.05) is 13.2 Å². The van der Waals surface area contributed by atoms with E-state index in [-0.39, 0.29) is 85.5 Å². The molecule has 0 aliphatic carbocycles. The standard InChI is InChI=1S/C29H60O6.2Na.H2O7S2/c1-3-5-7-9-11-13-15-17-21-32-25-29(27-34-23-19-30,28-35-24-20-31)26-33-22-18-16-14-12-10-8-6-4-2;;;1-8(2,3)7-9(4,5)6/h30-31H,3-28H2,1-2H3;;;(H,1,2,3)(H,4,5,6)/q;2*+1;/p-2. The molecule has 17 heteroatoms. The Labute approximate surface area is 324 Å². The molecule has 0 aromatic heterocycles. The summed E-state index contributed by atoms with van der Waals surface area (Å²) in [5, 5.41) is 18.3. The molecule has 0 saturated carbocycles. The van der Waals surface area contributed by atoms with E-state index in [1.54, 1.807) is 0 Å². The zero-order valence-corrected chi connectivity index (χ0v) is 34.7. The molecule has 13 nitrogen and oxygen atoms in total. The number of aliphatic hydroxyl groups excluding tert-OH is 2. The molecular formula is C29H60Na2O13S2. The van der Waals surface area contributed by atoms with Crippen LogP contribution in [-0.2, 0) is 43.4 Å². The van der Waals surface area contributed by atoms with Crippen molar-refractivity contribution in [2.45, 2.75) is 117 Å². The van der Waals surface area contributed by atoms with Crippen molar-refractivity contribution in [3.63, 3.8) is 0 Å². The number of aliphatic hydroxyl groups is 2. The van der Waals surface area contributed by atoms with Crippen LogP contribution in [0.25, 0.3) is 0 Å². The maximum atomic E-state index is 9.29. The molecule has 0 aliphatic heterocycles. The van der Waals surface area contributed by atoms with Gasteiger partial charge in [0.15, 0.2) is 0 Å². The largest absolute Gasteiger partial charge is 1.00 e. The molecule has 0 amide bonds. The molecule has 0 saturated heterocycles. The molecule has 2 N–H and O–H groups in total. The smallest absolute Gasteiger partial charge is 0.725 e. The SMILES string of the molecule is CCCCCCCCCCOCC(COCCO)(COCCO)COCCCCCCCCCC.O=S(=O)([O-])OS(=O)(=O)[O-].[Na+].[Na+]. The summed E-state index contributed by atoms with van der Waals surface area (Å²) in [5.41, 5.74) is -0.426. The molecule has 0 radical (unpaired) electrons. The summed E-state index contributed by atoms with van der Waals surface area (Å²) >= 11 is 0. The molecule has 0 unspecified atom stereocenters. The number of unbranched alkanes of at least 4 members (excludes halogenated alkanes) is 14. The van der Waals surface area contributed by atoms with Crippen LogP contribution >= 0.6 is 0 Å². The van der Waals surface area contributed by atoms with E-state index in [1.165, 1.54) is 89.9 Å². The van der Waals surface area contributed by atoms with E-state index in [0.717, 1.165) is 26.1 Å². The number of ether oxygens (including phenoxy) is 4. The van der Waals surface area contributed by atoms with Crippen molar-refractivity contribution in [2.24, 2.45) is 5.41 Å². The van der Waals surface area contributed by atoms with Crippen LogP contribution in [0.2, 0.25) is 0 Å². The second-order valence-corrected chi connectivity index (χ2v) is 13.2. The van der Waals surface area contributed by atoms with Crippen molar-refractivity contribution in [1.29, 1.82) is 0 Å². The summed E-state index contributed by atoms with van der Waals surface area (Å²) in [6.45, 7) is 8.35. The van der Waals surface area contributed by atoms with E-state index in [1.807, 2.05) is 0 Å². The van der Waals surface area contributed by atoms with Gasteiger partial charge in [-0.25, -0.2) is 16.8 Å². The summed E-state index contributed by atoms with van der Waals surface area (Å²) < 4.78 is 81.8. The Balaban J connectivity index is -0.000000694. The fourth-order valence-electron chi connectivity index (χ4n) is 4.31. The Bertz CT molecular complexity index is 754. The van der Waals surface area contributed by atoms with Crippen LogP contribution in [0.4, 0.5) is 0 Å². The average Bonchev–Trinajstić information content (AvgIpc) is 2.93. The zero-order chi connectivity index (χ0) is 33.4. The van der Waals surface area contributed by atoms with Gasteiger partial charge in [-0.15, -0.1) is 0 Å². The second kappa shape index (κ2) is 37.8. The van der Waals surface area contributed by atoms with Crippen molar-refractivity contribution >= 4 is 20.8 Å². The van der Waals surface area contributed by atoms with Gasteiger partial charge >= 0.3 is 59.1 Å². The molecule has 0 heterocycles. The molecule has 0 bridgehead atoms. The summed E-state index contributed by atoms with van der Waals surface area (Å²) in [7, 11) is -10.9. The summed E-state index contributed by atoms with van der Waals surface area (Å²) in [6, 6.07) is 0. The second-order valence-electron chi connectivity index (χ2n) is 11.0. The quantitative estimate of drug-likeness (QED) is 0.0342. The Kier molecular flexibility index (Phi) is 44.6. The zero-order valence-electron chi connectivity index (χ0n) is 29.1. The van der Waals surface area contributed by atoms with Crippen LogP contribution in [0.15, 0.2) is 0 Å². The van der Waals surface area contributed by atoms with Gasteiger partial charge in [-0.1, -0.05) is 104 Å². The maximum absolute atomic E-state index is 9.29. The van der Waals surface area contributed by atoms with Crippen molar-refractivity contribution in [3.8, 4) is 0 Å². The third-order valence-corrected chi connectivity index (χ3v) is 7.89. The van der Waals surface area contributed by atoms with Gasteiger partial charge in [0.25, 0.3) is 0 Å². The molecule has 0 aromatic rings. The van der Waals surface area contributed by atoms with E-state index >= 15 is 0 Å². The van der Waals surface area contributed by atoms with Gasteiger partial charge in [-0.3, -0.25) is 0 Å². The minimum absolute atomic E-state index is 0. The van der Waals surface area contributed by atoms with Gasteiger partial charge in [0.1, 0.15) is 0 Å². The van der Waals surface area contributed by atoms with Crippen molar-refractivity contribution in [1.82, 2.24) is 0 Å². The normalized spacial score (nSPS) is 11.8. The number of hydrogen-bond acceptors (Lipinski definition) is 13. The molecular weight excluding hydrogens is 666 g/mol. The molecule has 268 valence electrons. The first-order valence-corrected chi connectivity index (χ1v) is 18.8. The van der Waals surface area contributed by atoms with E-state index in [0.29, 0.717) is 26.4 Å². The van der Waals surface area contributed by atoms with E-state index < -0.39 is 26.2 Å². The molecule has 0 aliphatic rings. The van der Waals surface area contributed by atoms with E-state index in [2.05, 4.69) is 17.5 Å². The first kappa shape index (κ1) is 54.3. The maximum Gasteiger partial charge on any atom is 1.00 e. The van der Waals surface area contributed by atoms with Crippen molar-refractivity contribution in [3.05, 3.63) is 0 Å². The Morgan fingerprint density at radius 1 is 0.478 bits per heavy atom. The number of hydrogen-bond donors (Lipinski definition) is 2. The van der Waals surface area contributed by atoms with Gasteiger partial charge in [0.05, 0.1) is 58.3 Å². The van der Waals surface area contributed by atoms with Crippen LogP contribution in [0.5, 0.6) is 0 Å². The van der Waals surface area contributed by atoms with Gasteiger partial charge in [-0.05, 0) is 12.8 Å². The predicted molar refractivity (Wildman–Crippen MR) is 166 cm³/mol. The van der Waals surface area contributed by atoms with Crippen LogP contribution in [0.1, 0.15) is 117 Å². The first-order chi connectivity index (χ1) is 20.9. The topological polar surface area (TPSA) is 201 Å². The van der Waals surface area contributed by atoms with Gasteiger partial charge < -0.3 is 38.3 Å². The Morgan fingerprint density at radius 2 is 0.739 bits per heavy atom. The summed E-state index contributed by atoms with van der Waals surface area (Å²) in [6.07, 6.45) is 20.4. The van der Waals surface area contributed by atoms with Crippen LogP contribution < -0.4 is 59.1 Å². The van der Waals surface area contributed by atoms with Crippen LogP contribution in [0, 0.1) is 5.41 Å². The molecule has 46 heavy (non-hydrogen) atoms. The molecule has 0 atom stereocenters. The minimum Gasteiger partial charge on any atom is -0.725 e. The molecule has 0 spiro atoms. The molecule has 0 rings (SSSR count). The van der Waals surface area contributed by atoms with Gasteiger partial charge in [0.2, 0.25) is 20.8 Å². The Morgan fingerprint density at radius 3 is 0.978 bits per heavy atom.